The fourth-order valence-electron chi connectivity index (χ4n) is 2.14. The van der Waals surface area contributed by atoms with E-state index in [-0.39, 0.29) is 18.2 Å². The molecule has 0 fully saturated rings. The number of nitrogens with zero attached hydrogens (tertiary/aromatic N) is 2. The zero-order valence-electron chi connectivity index (χ0n) is 15.4. The van der Waals surface area contributed by atoms with E-state index in [4.69, 9.17) is 9.47 Å². The van der Waals surface area contributed by atoms with Gasteiger partial charge in [-0.05, 0) is 24.6 Å². The minimum Gasteiger partial charge on any atom is -0.494 e. The molecule has 144 valence electrons. The highest BCUT2D eigenvalue weighted by Gasteiger charge is 2.16. The SMILES string of the molecule is C=CCNc1nc(C(=O)OCC(=O)N(C)Cc2ccc(OCC)cc2)cs1. The lowest BCUT2D eigenvalue weighted by molar-refractivity contribution is -0.133. The van der Waals surface area contributed by atoms with Gasteiger partial charge in [0.1, 0.15) is 5.75 Å². The summed E-state index contributed by atoms with van der Waals surface area (Å²) in [6.07, 6.45) is 1.69. The number of thiazole rings is 1. The number of aromatic nitrogens is 1. The number of rotatable bonds is 10. The van der Waals surface area contributed by atoms with Crippen LogP contribution in [0.25, 0.3) is 0 Å². The van der Waals surface area contributed by atoms with Gasteiger partial charge in [-0.1, -0.05) is 18.2 Å². The first-order valence-electron chi connectivity index (χ1n) is 8.46. The Morgan fingerprint density at radius 1 is 1.33 bits per heavy atom. The third kappa shape index (κ3) is 6.41. The molecular weight excluding hydrogens is 366 g/mol. The molecule has 0 radical (unpaired) electrons. The van der Waals surface area contributed by atoms with Crippen LogP contribution in [0.15, 0.2) is 42.3 Å². The average molecular weight is 389 g/mol. The second-order valence-corrected chi connectivity index (χ2v) is 6.47. The van der Waals surface area contributed by atoms with E-state index in [9.17, 15) is 9.59 Å². The van der Waals surface area contributed by atoms with Gasteiger partial charge in [-0.25, -0.2) is 9.78 Å². The van der Waals surface area contributed by atoms with Crippen LogP contribution >= 0.6 is 11.3 Å². The number of hydrogen-bond donors (Lipinski definition) is 1. The second kappa shape index (κ2) is 10.3. The molecule has 0 saturated heterocycles. The monoisotopic (exact) mass is 389 g/mol. The lowest BCUT2D eigenvalue weighted by Gasteiger charge is -2.17. The Kier molecular flexibility index (Phi) is 7.81. The summed E-state index contributed by atoms with van der Waals surface area (Å²) >= 11 is 1.29. The summed E-state index contributed by atoms with van der Waals surface area (Å²) in [5.74, 6) is -0.132. The third-order valence-corrected chi connectivity index (χ3v) is 4.32. The number of carbonyl (C=O) groups excluding carboxylic acids is 2. The number of likely N-dealkylation sites (N-methyl/N-ethyl adjacent to an activating group) is 1. The molecule has 0 aliphatic heterocycles. The highest BCUT2D eigenvalue weighted by Crippen LogP contribution is 2.16. The Balaban J connectivity index is 1.80. The Hall–Kier alpha value is -2.87. The quantitative estimate of drug-likeness (QED) is 0.497. The van der Waals surface area contributed by atoms with Gasteiger partial charge in [0.15, 0.2) is 17.4 Å². The molecule has 1 N–H and O–H groups in total. The van der Waals surface area contributed by atoms with E-state index < -0.39 is 5.97 Å². The fourth-order valence-corrected chi connectivity index (χ4v) is 2.83. The molecule has 27 heavy (non-hydrogen) atoms. The Labute approximate surface area is 162 Å². The van der Waals surface area contributed by atoms with Crippen LogP contribution in [0.1, 0.15) is 23.0 Å². The van der Waals surface area contributed by atoms with E-state index in [1.165, 1.54) is 16.2 Å². The molecule has 0 bridgehead atoms. The molecular formula is C19H23N3O4S. The molecule has 0 unspecified atom stereocenters. The smallest absolute Gasteiger partial charge is 0.358 e. The summed E-state index contributed by atoms with van der Waals surface area (Å²) in [5.41, 5.74) is 1.13. The number of nitrogens with one attached hydrogen (secondary N) is 1. The van der Waals surface area contributed by atoms with Crippen molar-refractivity contribution < 1.29 is 19.1 Å². The number of amides is 1. The van der Waals surface area contributed by atoms with Crippen LogP contribution in [0.5, 0.6) is 5.75 Å². The van der Waals surface area contributed by atoms with E-state index in [2.05, 4.69) is 16.9 Å². The maximum Gasteiger partial charge on any atom is 0.358 e. The Morgan fingerprint density at radius 3 is 2.74 bits per heavy atom. The molecule has 2 rings (SSSR count). The minimum absolute atomic E-state index is 0.175. The van der Waals surface area contributed by atoms with Crippen LogP contribution < -0.4 is 10.1 Å². The number of carbonyl (C=O) groups is 2. The van der Waals surface area contributed by atoms with Crippen LogP contribution in [0.3, 0.4) is 0 Å². The van der Waals surface area contributed by atoms with E-state index in [1.807, 2.05) is 31.2 Å². The summed E-state index contributed by atoms with van der Waals surface area (Å²) in [6.45, 7) is 6.76. The van der Waals surface area contributed by atoms with Crippen molar-refractivity contribution in [3.8, 4) is 5.75 Å². The van der Waals surface area contributed by atoms with Crippen molar-refractivity contribution in [1.82, 2.24) is 9.88 Å². The lowest BCUT2D eigenvalue weighted by Crippen LogP contribution is -2.30. The normalized spacial score (nSPS) is 10.1. The molecule has 0 aliphatic rings. The highest BCUT2D eigenvalue weighted by molar-refractivity contribution is 7.13. The van der Waals surface area contributed by atoms with Gasteiger partial charge in [-0.3, -0.25) is 4.79 Å². The molecule has 2 aromatic rings. The first-order chi connectivity index (χ1) is 13.0. The largest absolute Gasteiger partial charge is 0.494 e. The van der Waals surface area contributed by atoms with Crippen LogP contribution in [-0.2, 0) is 16.1 Å². The summed E-state index contributed by atoms with van der Waals surface area (Å²) in [6, 6.07) is 7.51. The molecule has 0 spiro atoms. The first-order valence-corrected chi connectivity index (χ1v) is 9.34. The molecule has 7 nitrogen and oxygen atoms in total. The van der Waals surface area contributed by atoms with Gasteiger partial charge in [-0.15, -0.1) is 17.9 Å². The van der Waals surface area contributed by atoms with E-state index in [0.717, 1.165) is 11.3 Å². The maximum atomic E-state index is 12.2. The predicted molar refractivity (Wildman–Crippen MR) is 105 cm³/mol. The van der Waals surface area contributed by atoms with Gasteiger partial charge >= 0.3 is 5.97 Å². The maximum absolute atomic E-state index is 12.2. The van der Waals surface area contributed by atoms with Gasteiger partial charge in [0.05, 0.1) is 6.61 Å². The number of benzene rings is 1. The lowest BCUT2D eigenvalue weighted by atomic mass is 10.2. The summed E-state index contributed by atoms with van der Waals surface area (Å²) in [5, 5.41) is 5.17. The van der Waals surface area contributed by atoms with Crippen molar-refractivity contribution in [2.45, 2.75) is 13.5 Å². The molecule has 1 aromatic heterocycles. The highest BCUT2D eigenvalue weighted by atomic mass is 32.1. The molecule has 8 heteroatoms. The van der Waals surface area contributed by atoms with Gasteiger partial charge in [0.25, 0.3) is 5.91 Å². The van der Waals surface area contributed by atoms with Gasteiger partial charge in [0, 0.05) is 25.5 Å². The van der Waals surface area contributed by atoms with Crippen molar-refractivity contribution >= 4 is 28.3 Å². The minimum atomic E-state index is -0.624. The molecule has 1 amide bonds. The summed E-state index contributed by atoms with van der Waals surface area (Å²) in [4.78, 5) is 29.8. The topological polar surface area (TPSA) is 80.8 Å². The Bertz CT molecular complexity index is 774. The van der Waals surface area contributed by atoms with Crippen molar-refractivity contribution in [3.63, 3.8) is 0 Å². The van der Waals surface area contributed by atoms with Crippen molar-refractivity contribution in [2.24, 2.45) is 0 Å². The summed E-state index contributed by atoms with van der Waals surface area (Å²) < 4.78 is 10.5. The first kappa shape index (κ1) is 20.4. The van der Waals surface area contributed by atoms with Crippen LogP contribution in [-0.4, -0.2) is 48.6 Å². The molecule has 0 saturated carbocycles. The van der Waals surface area contributed by atoms with Crippen molar-refractivity contribution in [3.05, 3.63) is 53.6 Å². The average Bonchev–Trinajstić information content (AvgIpc) is 3.15. The standard InChI is InChI=1S/C19H23N3O4S/c1-4-10-20-19-21-16(13-27-19)18(24)26-12-17(23)22(3)11-14-6-8-15(9-7-14)25-5-2/h4,6-9,13H,1,5,10-12H2,2-3H3,(H,20,21). The zero-order chi connectivity index (χ0) is 19.6. The summed E-state index contributed by atoms with van der Waals surface area (Å²) in [7, 11) is 1.66. The van der Waals surface area contributed by atoms with Crippen LogP contribution in [0.4, 0.5) is 5.13 Å². The van der Waals surface area contributed by atoms with Crippen molar-refractivity contribution in [1.29, 1.82) is 0 Å². The second-order valence-electron chi connectivity index (χ2n) is 5.61. The molecule has 0 aliphatic carbocycles. The van der Waals surface area contributed by atoms with Gasteiger partial charge < -0.3 is 19.7 Å². The van der Waals surface area contributed by atoms with E-state index >= 15 is 0 Å². The molecule has 0 atom stereocenters. The molecule has 1 aromatic carbocycles. The van der Waals surface area contributed by atoms with E-state index in [0.29, 0.717) is 24.8 Å². The number of esters is 1. The molecule has 1 heterocycles. The van der Waals surface area contributed by atoms with E-state index in [1.54, 1.807) is 18.5 Å². The third-order valence-electron chi connectivity index (χ3n) is 3.52. The number of hydrogen-bond acceptors (Lipinski definition) is 7. The zero-order valence-corrected chi connectivity index (χ0v) is 16.3. The van der Waals surface area contributed by atoms with Gasteiger partial charge in [0.2, 0.25) is 0 Å². The van der Waals surface area contributed by atoms with Crippen molar-refractivity contribution in [2.75, 3.05) is 32.1 Å². The fraction of sp³-hybridized carbons (Fsp3) is 0.316. The number of ether oxygens (including phenoxy) is 2. The Morgan fingerprint density at radius 2 is 2.07 bits per heavy atom. The van der Waals surface area contributed by atoms with Gasteiger partial charge in [-0.2, -0.15) is 0 Å². The predicted octanol–water partition coefficient (Wildman–Crippen LogP) is 2.96. The number of anilines is 1. The van der Waals surface area contributed by atoms with Crippen LogP contribution in [0, 0.1) is 0 Å². The van der Waals surface area contributed by atoms with Crippen LogP contribution in [0.2, 0.25) is 0 Å².